The number of hydrogen-bond donors (Lipinski definition) is 1. The number of nitrogens with zero attached hydrogens (tertiary/aromatic N) is 1. The third-order valence-electron chi connectivity index (χ3n) is 4.33. The highest BCUT2D eigenvalue weighted by atomic mass is 35.5. The predicted octanol–water partition coefficient (Wildman–Crippen LogP) is 3.52. The largest absolute Gasteiger partial charge is 0.393 e. The fourth-order valence-corrected chi connectivity index (χ4v) is 3.86. The summed E-state index contributed by atoms with van der Waals surface area (Å²) in [6, 6.07) is 5.56. The standard InChI is InChI=1S/C16H17Cl2NO2/c17-11-3-1-10(15(18)7-11)2-6-16(21)19-12-4-5-13(19)9-14(20)8-12/h1-3,6-7,12-14,20H,4-5,8-9H2. The lowest BCUT2D eigenvalue weighted by atomic mass is 10.00. The number of carbonyl (C=O) groups is 1. The normalized spacial score (nSPS) is 28.3. The third kappa shape index (κ3) is 3.10. The molecule has 2 heterocycles. The Bertz CT molecular complexity index is 574. The van der Waals surface area contributed by atoms with Gasteiger partial charge in [0.1, 0.15) is 0 Å². The average molecular weight is 326 g/mol. The van der Waals surface area contributed by atoms with E-state index in [1.165, 1.54) is 0 Å². The smallest absolute Gasteiger partial charge is 0.247 e. The number of piperidine rings is 1. The highest BCUT2D eigenvalue weighted by Crippen LogP contribution is 2.36. The molecule has 1 N–H and O–H groups in total. The maximum atomic E-state index is 12.4. The van der Waals surface area contributed by atoms with Crippen LogP contribution < -0.4 is 0 Å². The van der Waals surface area contributed by atoms with Crippen molar-refractivity contribution in [1.82, 2.24) is 4.90 Å². The molecule has 0 saturated carbocycles. The summed E-state index contributed by atoms with van der Waals surface area (Å²) < 4.78 is 0. The van der Waals surface area contributed by atoms with E-state index < -0.39 is 0 Å². The van der Waals surface area contributed by atoms with Gasteiger partial charge in [-0.2, -0.15) is 0 Å². The first-order valence-corrected chi connectivity index (χ1v) is 7.93. The number of hydrogen-bond acceptors (Lipinski definition) is 2. The van der Waals surface area contributed by atoms with Crippen LogP contribution in [0, 0.1) is 0 Å². The van der Waals surface area contributed by atoms with Crippen molar-refractivity contribution in [2.24, 2.45) is 0 Å². The lowest BCUT2D eigenvalue weighted by Gasteiger charge is -2.36. The van der Waals surface area contributed by atoms with E-state index in [4.69, 9.17) is 23.2 Å². The Morgan fingerprint density at radius 2 is 1.90 bits per heavy atom. The number of halogens is 2. The molecule has 2 saturated heterocycles. The average Bonchev–Trinajstić information content (AvgIpc) is 2.70. The van der Waals surface area contributed by atoms with Gasteiger partial charge in [0.2, 0.25) is 5.91 Å². The van der Waals surface area contributed by atoms with Gasteiger partial charge in [-0.1, -0.05) is 29.3 Å². The van der Waals surface area contributed by atoms with E-state index in [1.807, 2.05) is 4.90 Å². The molecule has 112 valence electrons. The van der Waals surface area contributed by atoms with E-state index >= 15 is 0 Å². The summed E-state index contributed by atoms with van der Waals surface area (Å²) in [5, 5.41) is 10.9. The van der Waals surface area contributed by atoms with Crippen molar-refractivity contribution >= 4 is 35.2 Å². The summed E-state index contributed by atoms with van der Waals surface area (Å²) in [4.78, 5) is 14.3. The Labute approximate surface area is 134 Å². The van der Waals surface area contributed by atoms with Crippen LogP contribution in [-0.4, -0.2) is 34.1 Å². The van der Waals surface area contributed by atoms with Crippen molar-refractivity contribution in [3.05, 3.63) is 39.9 Å². The van der Waals surface area contributed by atoms with Crippen molar-refractivity contribution in [3.63, 3.8) is 0 Å². The van der Waals surface area contributed by atoms with Gasteiger partial charge in [-0.3, -0.25) is 4.79 Å². The summed E-state index contributed by atoms with van der Waals surface area (Å²) in [5.41, 5.74) is 0.777. The molecule has 2 fully saturated rings. The van der Waals surface area contributed by atoms with Gasteiger partial charge in [-0.15, -0.1) is 0 Å². The molecule has 1 aromatic rings. The van der Waals surface area contributed by atoms with E-state index in [0.717, 1.165) is 18.4 Å². The molecule has 1 aromatic carbocycles. The fraction of sp³-hybridized carbons (Fsp3) is 0.438. The molecule has 2 aliphatic rings. The van der Waals surface area contributed by atoms with E-state index in [9.17, 15) is 9.90 Å². The number of fused-ring (bicyclic) bond motifs is 2. The van der Waals surface area contributed by atoms with E-state index in [-0.39, 0.29) is 24.1 Å². The molecule has 0 spiro atoms. The number of aliphatic hydroxyl groups excluding tert-OH is 1. The fourth-order valence-electron chi connectivity index (χ4n) is 3.39. The second-order valence-corrected chi connectivity index (χ2v) is 6.60. The summed E-state index contributed by atoms with van der Waals surface area (Å²) in [5.74, 6) is 0.000386. The summed E-state index contributed by atoms with van der Waals surface area (Å²) >= 11 is 11.9. The van der Waals surface area contributed by atoms with Gasteiger partial charge in [0.05, 0.1) is 6.10 Å². The van der Waals surface area contributed by atoms with E-state index in [2.05, 4.69) is 0 Å². The summed E-state index contributed by atoms with van der Waals surface area (Å²) in [7, 11) is 0. The minimum absolute atomic E-state index is 0.000386. The topological polar surface area (TPSA) is 40.5 Å². The van der Waals surface area contributed by atoms with Crippen LogP contribution in [-0.2, 0) is 4.79 Å². The highest BCUT2D eigenvalue weighted by molar-refractivity contribution is 6.35. The van der Waals surface area contributed by atoms with E-state index in [1.54, 1.807) is 30.4 Å². The summed E-state index contributed by atoms with van der Waals surface area (Å²) in [6.45, 7) is 0. The van der Waals surface area contributed by atoms with Gasteiger partial charge >= 0.3 is 0 Å². The number of rotatable bonds is 2. The molecule has 5 heteroatoms. The maximum Gasteiger partial charge on any atom is 0.247 e. The highest BCUT2D eigenvalue weighted by Gasteiger charge is 2.41. The first-order valence-electron chi connectivity index (χ1n) is 7.18. The van der Waals surface area contributed by atoms with Gasteiger partial charge in [-0.05, 0) is 49.5 Å². The number of carbonyl (C=O) groups excluding carboxylic acids is 1. The van der Waals surface area contributed by atoms with Crippen LogP contribution in [0.25, 0.3) is 6.08 Å². The number of aliphatic hydroxyl groups is 1. The van der Waals surface area contributed by atoms with Crippen LogP contribution in [0.4, 0.5) is 0 Å². The van der Waals surface area contributed by atoms with Gasteiger partial charge in [0.25, 0.3) is 0 Å². The Kier molecular flexibility index (Phi) is 4.25. The zero-order valence-corrected chi connectivity index (χ0v) is 13.0. The molecule has 2 aliphatic heterocycles. The Morgan fingerprint density at radius 1 is 1.24 bits per heavy atom. The first kappa shape index (κ1) is 14.9. The lowest BCUT2D eigenvalue weighted by Crippen LogP contribution is -2.47. The SMILES string of the molecule is O=C(C=Cc1ccc(Cl)cc1Cl)N1C2CCC1CC(O)C2. The van der Waals surface area contributed by atoms with Crippen LogP contribution in [0.1, 0.15) is 31.2 Å². The van der Waals surface area contributed by atoms with E-state index in [0.29, 0.717) is 22.9 Å². The summed E-state index contributed by atoms with van der Waals surface area (Å²) in [6.07, 6.45) is 6.40. The molecular weight excluding hydrogens is 309 g/mol. The number of benzene rings is 1. The molecule has 2 bridgehead atoms. The Balaban J connectivity index is 1.73. The molecule has 0 aromatic heterocycles. The molecule has 21 heavy (non-hydrogen) atoms. The van der Waals surface area contributed by atoms with Crippen molar-refractivity contribution < 1.29 is 9.90 Å². The van der Waals surface area contributed by atoms with Gasteiger partial charge in [0.15, 0.2) is 0 Å². The molecular formula is C16H17Cl2NO2. The number of amides is 1. The van der Waals surface area contributed by atoms with Crippen LogP contribution in [0.3, 0.4) is 0 Å². The van der Waals surface area contributed by atoms with Crippen molar-refractivity contribution in [3.8, 4) is 0 Å². The molecule has 1 amide bonds. The predicted molar refractivity (Wildman–Crippen MR) is 84.4 cm³/mol. The third-order valence-corrected chi connectivity index (χ3v) is 4.89. The van der Waals surface area contributed by atoms with Crippen LogP contribution in [0.2, 0.25) is 10.0 Å². The monoisotopic (exact) mass is 325 g/mol. The van der Waals surface area contributed by atoms with Crippen molar-refractivity contribution in [2.75, 3.05) is 0 Å². The molecule has 0 aliphatic carbocycles. The first-order chi connectivity index (χ1) is 10.0. The zero-order chi connectivity index (χ0) is 15.0. The molecule has 2 atom stereocenters. The van der Waals surface area contributed by atoms with Gasteiger partial charge in [0, 0.05) is 28.2 Å². The molecule has 3 nitrogen and oxygen atoms in total. The Morgan fingerprint density at radius 3 is 2.52 bits per heavy atom. The molecule has 3 rings (SSSR count). The second-order valence-electron chi connectivity index (χ2n) is 5.75. The van der Waals surface area contributed by atoms with Crippen LogP contribution in [0.5, 0.6) is 0 Å². The zero-order valence-electron chi connectivity index (χ0n) is 11.5. The van der Waals surface area contributed by atoms with Gasteiger partial charge < -0.3 is 10.0 Å². The second kappa shape index (κ2) is 5.99. The van der Waals surface area contributed by atoms with Gasteiger partial charge in [-0.25, -0.2) is 0 Å². The quantitative estimate of drug-likeness (QED) is 0.845. The van der Waals surface area contributed by atoms with Crippen LogP contribution >= 0.6 is 23.2 Å². The molecule has 0 radical (unpaired) electrons. The minimum Gasteiger partial charge on any atom is -0.393 e. The van der Waals surface area contributed by atoms with Crippen LogP contribution in [0.15, 0.2) is 24.3 Å². The Hall–Kier alpha value is -1.03. The van der Waals surface area contributed by atoms with Crippen molar-refractivity contribution in [2.45, 2.75) is 43.9 Å². The lowest BCUT2D eigenvalue weighted by molar-refractivity contribution is -0.131. The van der Waals surface area contributed by atoms with Crippen molar-refractivity contribution in [1.29, 1.82) is 0 Å². The molecule has 2 unspecified atom stereocenters. The minimum atomic E-state index is -0.263. The maximum absolute atomic E-state index is 12.4.